The molecule has 4 heteroatoms. The predicted octanol–water partition coefficient (Wildman–Crippen LogP) is 2.34. The number of aromatic nitrogens is 2. The fourth-order valence-corrected chi connectivity index (χ4v) is 2.71. The maximum Gasteiger partial charge on any atom is 0.160 e. The van der Waals surface area contributed by atoms with Crippen LogP contribution in [0.25, 0.3) is 0 Å². The van der Waals surface area contributed by atoms with E-state index in [1.165, 1.54) is 12.8 Å². The second-order valence-electron chi connectivity index (χ2n) is 4.98. The summed E-state index contributed by atoms with van der Waals surface area (Å²) in [4.78, 5) is 9.08. The molecule has 18 heavy (non-hydrogen) atoms. The Morgan fingerprint density at radius 3 is 2.67 bits per heavy atom. The van der Waals surface area contributed by atoms with Crippen LogP contribution >= 0.6 is 0 Å². The van der Waals surface area contributed by atoms with Gasteiger partial charge < -0.3 is 9.84 Å². The Balaban J connectivity index is 2.36. The van der Waals surface area contributed by atoms with E-state index in [1.54, 1.807) is 13.3 Å². The molecule has 1 aliphatic carbocycles. The third-order valence-corrected chi connectivity index (χ3v) is 3.82. The molecule has 1 N–H and O–H groups in total. The minimum absolute atomic E-state index is 0.00952. The molecule has 0 spiro atoms. The average molecular weight is 250 g/mol. The summed E-state index contributed by atoms with van der Waals surface area (Å²) in [6, 6.07) is 0. The molecule has 0 amide bonds. The molecule has 0 radical (unpaired) electrons. The Labute approximate surface area is 108 Å². The van der Waals surface area contributed by atoms with Crippen LogP contribution in [-0.2, 0) is 23.4 Å². The number of hydrogen-bond donors (Lipinski definition) is 1. The third-order valence-electron chi connectivity index (χ3n) is 3.82. The highest BCUT2D eigenvalue weighted by Gasteiger charge is 2.38. The van der Waals surface area contributed by atoms with Gasteiger partial charge >= 0.3 is 0 Å². The SMILES string of the molecule is CCCc1nc(C2(OC)CCCC2)ncc1CO. The highest BCUT2D eigenvalue weighted by atomic mass is 16.5. The lowest BCUT2D eigenvalue weighted by Gasteiger charge is -2.26. The van der Waals surface area contributed by atoms with Gasteiger partial charge in [-0.2, -0.15) is 0 Å². The van der Waals surface area contributed by atoms with Crippen molar-refractivity contribution in [3.63, 3.8) is 0 Å². The van der Waals surface area contributed by atoms with Gasteiger partial charge in [-0.3, -0.25) is 0 Å². The minimum Gasteiger partial charge on any atom is -0.392 e. The van der Waals surface area contributed by atoms with E-state index in [0.29, 0.717) is 0 Å². The Morgan fingerprint density at radius 1 is 1.39 bits per heavy atom. The van der Waals surface area contributed by atoms with E-state index in [0.717, 1.165) is 42.8 Å². The van der Waals surface area contributed by atoms with Gasteiger partial charge in [-0.15, -0.1) is 0 Å². The van der Waals surface area contributed by atoms with E-state index in [4.69, 9.17) is 4.74 Å². The lowest BCUT2D eigenvalue weighted by molar-refractivity contribution is -0.0165. The zero-order valence-corrected chi connectivity index (χ0v) is 11.3. The molecule has 2 rings (SSSR count). The maximum atomic E-state index is 9.31. The number of rotatable bonds is 5. The van der Waals surface area contributed by atoms with E-state index in [-0.39, 0.29) is 12.2 Å². The van der Waals surface area contributed by atoms with Gasteiger partial charge in [0.1, 0.15) is 5.60 Å². The molecule has 0 aromatic carbocycles. The number of ether oxygens (including phenoxy) is 1. The summed E-state index contributed by atoms with van der Waals surface area (Å²) in [5.41, 5.74) is 1.51. The van der Waals surface area contributed by atoms with Gasteiger partial charge in [-0.05, 0) is 32.1 Å². The lowest BCUT2D eigenvalue weighted by atomic mass is 10.0. The molecule has 0 aliphatic heterocycles. The molecule has 0 bridgehead atoms. The topological polar surface area (TPSA) is 55.2 Å². The molecule has 1 aliphatic rings. The van der Waals surface area contributed by atoms with E-state index in [9.17, 15) is 5.11 Å². The number of nitrogens with zero attached hydrogens (tertiary/aromatic N) is 2. The van der Waals surface area contributed by atoms with Crippen LogP contribution in [0.2, 0.25) is 0 Å². The molecular weight excluding hydrogens is 228 g/mol. The van der Waals surface area contributed by atoms with Crippen molar-refractivity contribution in [2.45, 2.75) is 57.7 Å². The fourth-order valence-electron chi connectivity index (χ4n) is 2.71. The molecule has 1 saturated carbocycles. The van der Waals surface area contributed by atoms with Gasteiger partial charge in [0.05, 0.1) is 6.61 Å². The summed E-state index contributed by atoms with van der Waals surface area (Å²) >= 11 is 0. The van der Waals surface area contributed by atoms with Gasteiger partial charge in [0.2, 0.25) is 0 Å². The molecule has 1 aromatic rings. The van der Waals surface area contributed by atoms with Crippen molar-refractivity contribution in [2.75, 3.05) is 7.11 Å². The molecule has 0 saturated heterocycles. The van der Waals surface area contributed by atoms with Crippen LogP contribution in [0.1, 0.15) is 56.1 Å². The largest absolute Gasteiger partial charge is 0.392 e. The molecule has 1 fully saturated rings. The Morgan fingerprint density at radius 2 is 2.11 bits per heavy atom. The minimum atomic E-state index is -0.295. The molecule has 0 unspecified atom stereocenters. The molecule has 0 atom stereocenters. The summed E-state index contributed by atoms with van der Waals surface area (Å²) in [6.07, 6.45) is 7.98. The van der Waals surface area contributed by atoms with Crippen molar-refractivity contribution in [2.24, 2.45) is 0 Å². The first-order valence-corrected chi connectivity index (χ1v) is 6.77. The Kier molecular flexibility index (Phi) is 4.30. The first-order chi connectivity index (χ1) is 8.75. The monoisotopic (exact) mass is 250 g/mol. The molecule has 100 valence electrons. The first kappa shape index (κ1) is 13.4. The summed E-state index contributed by atoms with van der Waals surface area (Å²) in [7, 11) is 1.74. The molecular formula is C14H22N2O2. The third kappa shape index (κ3) is 2.40. The standard InChI is InChI=1S/C14H22N2O2/c1-3-6-12-11(10-17)9-15-13(16-12)14(18-2)7-4-5-8-14/h9,17H,3-8,10H2,1-2H3. The number of aryl methyl sites for hydroxylation is 1. The fraction of sp³-hybridized carbons (Fsp3) is 0.714. The van der Waals surface area contributed by atoms with Crippen molar-refractivity contribution in [1.82, 2.24) is 9.97 Å². The van der Waals surface area contributed by atoms with Crippen LogP contribution in [0.4, 0.5) is 0 Å². The van der Waals surface area contributed by atoms with E-state index in [1.807, 2.05) is 0 Å². The van der Waals surface area contributed by atoms with Crippen LogP contribution in [-0.4, -0.2) is 22.2 Å². The zero-order chi connectivity index (χ0) is 13.0. The lowest BCUT2D eigenvalue weighted by Crippen LogP contribution is -2.28. The van der Waals surface area contributed by atoms with Gasteiger partial charge in [-0.25, -0.2) is 9.97 Å². The van der Waals surface area contributed by atoms with Gasteiger partial charge in [0.15, 0.2) is 5.82 Å². The normalized spacial score (nSPS) is 18.2. The van der Waals surface area contributed by atoms with Crippen molar-refractivity contribution >= 4 is 0 Å². The van der Waals surface area contributed by atoms with Crippen LogP contribution in [0, 0.1) is 0 Å². The van der Waals surface area contributed by atoms with Crippen LogP contribution in [0.15, 0.2) is 6.20 Å². The Bertz CT molecular complexity index is 401. The number of methoxy groups -OCH3 is 1. The van der Waals surface area contributed by atoms with Gasteiger partial charge in [0.25, 0.3) is 0 Å². The number of aliphatic hydroxyl groups is 1. The first-order valence-electron chi connectivity index (χ1n) is 6.77. The Hall–Kier alpha value is -1.00. The van der Waals surface area contributed by atoms with Crippen molar-refractivity contribution < 1.29 is 9.84 Å². The predicted molar refractivity (Wildman–Crippen MR) is 69.1 cm³/mol. The zero-order valence-electron chi connectivity index (χ0n) is 11.3. The summed E-state index contributed by atoms with van der Waals surface area (Å²) < 4.78 is 5.70. The van der Waals surface area contributed by atoms with Crippen LogP contribution < -0.4 is 0 Å². The second kappa shape index (κ2) is 5.76. The van der Waals surface area contributed by atoms with E-state index >= 15 is 0 Å². The van der Waals surface area contributed by atoms with Crippen molar-refractivity contribution in [1.29, 1.82) is 0 Å². The van der Waals surface area contributed by atoms with Crippen molar-refractivity contribution in [3.8, 4) is 0 Å². The highest BCUT2D eigenvalue weighted by molar-refractivity contribution is 5.19. The highest BCUT2D eigenvalue weighted by Crippen LogP contribution is 2.40. The van der Waals surface area contributed by atoms with Crippen LogP contribution in [0.3, 0.4) is 0 Å². The van der Waals surface area contributed by atoms with Gasteiger partial charge in [-0.1, -0.05) is 13.3 Å². The average Bonchev–Trinajstić information content (AvgIpc) is 2.89. The summed E-state index contributed by atoms with van der Waals surface area (Å²) in [5.74, 6) is 0.795. The maximum absolute atomic E-state index is 9.31. The van der Waals surface area contributed by atoms with E-state index in [2.05, 4.69) is 16.9 Å². The van der Waals surface area contributed by atoms with Crippen LogP contribution in [0.5, 0.6) is 0 Å². The molecule has 4 nitrogen and oxygen atoms in total. The molecule has 1 heterocycles. The summed E-state index contributed by atoms with van der Waals surface area (Å²) in [5, 5.41) is 9.31. The van der Waals surface area contributed by atoms with Crippen molar-refractivity contribution in [3.05, 3.63) is 23.3 Å². The number of hydrogen-bond acceptors (Lipinski definition) is 4. The van der Waals surface area contributed by atoms with Gasteiger partial charge in [0, 0.05) is 24.6 Å². The summed E-state index contributed by atoms with van der Waals surface area (Å²) in [6.45, 7) is 2.13. The van der Waals surface area contributed by atoms with E-state index < -0.39 is 0 Å². The smallest absolute Gasteiger partial charge is 0.160 e. The second-order valence-corrected chi connectivity index (χ2v) is 4.98. The molecule has 1 aromatic heterocycles. The quantitative estimate of drug-likeness (QED) is 0.871. The number of aliphatic hydroxyl groups excluding tert-OH is 1.